The third-order valence-corrected chi connectivity index (χ3v) is 3.16. The molecule has 0 saturated heterocycles. The predicted molar refractivity (Wildman–Crippen MR) is 75.1 cm³/mol. The molecule has 3 rings (SSSR count). The first kappa shape index (κ1) is 11.0. The number of hydrogen-bond acceptors (Lipinski definition) is 3. The molecule has 3 N–H and O–H groups in total. The molecule has 4 heteroatoms. The molecule has 1 aliphatic rings. The number of aromatic nitrogens is 1. The second-order valence-corrected chi connectivity index (χ2v) is 4.80. The number of nitrogens with two attached hydrogens (primary N) is 1. The molecule has 0 saturated carbocycles. The van der Waals surface area contributed by atoms with Gasteiger partial charge in [-0.2, -0.15) is 0 Å². The van der Waals surface area contributed by atoms with Crippen LogP contribution in [0.1, 0.15) is 12.5 Å². The first-order valence-electron chi connectivity index (χ1n) is 5.94. The predicted octanol–water partition coefficient (Wildman–Crippen LogP) is 1.83. The number of aliphatic imine (C=N–C) groups is 1. The van der Waals surface area contributed by atoms with E-state index in [0.29, 0.717) is 0 Å². The molecule has 2 heterocycles. The molecule has 0 spiro atoms. The van der Waals surface area contributed by atoms with Gasteiger partial charge in [0.2, 0.25) is 0 Å². The van der Waals surface area contributed by atoms with Gasteiger partial charge in [-0.25, -0.2) is 0 Å². The van der Waals surface area contributed by atoms with Gasteiger partial charge in [-0.05, 0) is 19.1 Å². The maximum absolute atomic E-state index is 6.00. The number of allylic oxidation sites excluding steroid dienone is 1. The van der Waals surface area contributed by atoms with Crippen molar-refractivity contribution in [2.45, 2.75) is 12.7 Å². The number of para-hydroxylation sites is 1. The molecule has 2 aromatic rings. The van der Waals surface area contributed by atoms with Crippen LogP contribution in [0.15, 0.2) is 41.5 Å². The van der Waals surface area contributed by atoms with Gasteiger partial charge in [0.05, 0.1) is 0 Å². The highest BCUT2D eigenvalue weighted by atomic mass is 15.3. The molecule has 1 aliphatic heterocycles. The van der Waals surface area contributed by atoms with Gasteiger partial charge in [-0.3, -0.25) is 10.7 Å². The van der Waals surface area contributed by atoms with Crippen molar-refractivity contribution >= 4 is 22.8 Å². The Hall–Kier alpha value is -2.07. The van der Waals surface area contributed by atoms with Crippen LogP contribution in [0.4, 0.5) is 0 Å². The molecule has 0 fully saturated rings. The van der Waals surface area contributed by atoms with Crippen LogP contribution in [0.2, 0.25) is 0 Å². The number of rotatable bonds is 1. The van der Waals surface area contributed by atoms with E-state index >= 15 is 0 Å². The number of nitrogens with zero attached hydrogens (tertiary/aromatic N) is 2. The van der Waals surface area contributed by atoms with Crippen molar-refractivity contribution in [3.05, 3.63) is 42.1 Å². The van der Waals surface area contributed by atoms with E-state index in [1.165, 1.54) is 10.9 Å². The van der Waals surface area contributed by atoms with Crippen molar-refractivity contribution in [1.82, 2.24) is 9.88 Å². The number of fused-ring (bicyclic) bond motifs is 1. The second kappa shape index (κ2) is 3.71. The van der Waals surface area contributed by atoms with Crippen LogP contribution >= 0.6 is 0 Å². The Morgan fingerprint density at radius 1 is 1.33 bits per heavy atom. The second-order valence-electron chi connectivity index (χ2n) is 4.80. The van der Waals surface area contributed by atoms with E-state index in [9.17, 15) is 0 Å². The van der Waals surface area contributed by atoms with Crippen LogP contribution in [-0.2, 0) is 7.05 Å². The van der Waals surface area contributed by atoms with Gasteiger partial charge in [0, 0.05) is 41.6 Å². The highest BCUT2D eigenvalue weighted by Crippen LogP contribution is 2.27. The number of nitrogens with one attached hydrogen (secondary N) is 1. The Kier molecular flexibility index (Phi) is 2.28. The third-order valence-electron chi connectivity index (χ3n) is 3.16. The van der Waals surface area contributed by atoms with Gasteiger partial charge >= 0.3 is 0 Å². The summed E-state index contributed by atoms with van der Waals surface area (Å²) in [6, 6.07) is 8.32. The highest BCUT2D eigenvalue weighted by molar-refractivity contribution is 5.97. The molecular formula is C14H16N4. The quantitative estimate of drug-likeness (QED) is 0.799. The topological polar surface area (TPSA) is 55.3 Å². The van der Waals surface area contributed by atoms with Crippen LogP contribution in [0.3, 0.4) is 0 Å². The lowest BCUT2D eigenvalue weighted by Crippen LogP contribution is -2.49. The average molecular weight is 240 g/mol. The molecule has 0 aliphatic carbocycles. The summed E-state index contributed by atoms with van der Waals surface area (Å²) < 4.78 is 2.12. The molecule has 18 heavy (non-hydrogen) atoms. The van der Waals surface area contributed by atoms with Gasteiger partial charge in [-0.1, -0.05) is 18.2 Å². The summed E-state index contributed by atoms with van der Waals surface area (Å²) in [5, 5.41) is 4.45. The normalized spacial score (nSPS) is 22.9. The van der Waals surface area contributed by atoms with Crippen molar-refractivity contribution in [3.8, 4) is 0 Å². The Morgan fingerprint density at radius 3 is 2.89 bits per heavy atom. The van der Waals surface area contributed by atoms with Crippen LogP contribution in [0, 0.1) is 0 Å². The van der Waals surface area contributed by atoms with Gasteiger partial charge in [0.25, 0.3) is 0 Å². The van der Waals surface area contributed by atoms with E-state index in [1.807, 2.05) is 32.2 Å². The number of aryl methyl sites for hydroxylation is 1. The molecule has 0 radical (unpaired) electrons. The summed E-state index contributed by atoms with van der Waals surface area (Å²) in [5.74, 6) is -0.735. The average Bonchev–Trinajstić information content (AvgIpc) is 2.66. The Bertz CT molecular complexity index is 661. The Labute approximate surface area is 106 Å². The fourth-order valence-corrected chi connectivity index (χ4v) is 2.33. The molecular weight excluding hydrogens is 224 g/mol. The van der Waals surface area contributed by atoms with Crippen LogP contribution in [0.5, 0.6) is 0 Å². The lowest BCUT2D eigenvalue weighted by atomic mass is 10.1. The van der Waals surface area contributed by atoms with Crippen molar-refractivity contribution < 1.29 is 0 Å². The first-order valence-corrected chi connectivity index (χ1v) is 5.94. The molecule has 1 aromatic carbocycles. The molecule has 4 nitrogen and oxygen atoms in total. The van der Waals surface area contributed by atoms with Gasteiger partial charge in [0.1, 0.15) is 0 Å². The van der Waals surface area contributed by atoms with Gasteiger partial charge in [0.15, 0.2) is 5.79 Å². The fourth-order valence-electron chi connectivity index (χ4n) is 2.33. The zero-order valence-corrected chi connectivity index (χ0v) is 10.5. The highest BCUT2D eigenvalue weighted by Gasteiger charge is 2.21. The van der Waals surface area contributed by atoms with Crippen molar-refractivity contribution in [1.29, 1.82) is 0 Å². The summed E-state index contributed by atoms with van der Waals surface area (Å²) in [6.07, 6.45) is 5.82. The van der Waals surface area contributed by atoms with Crippen LogP contribution < -0.4 is 11.1 Å². The lowest BCUT2D eigenvalue weighted by molar-refractivity contribution is 0.448. The standard InChI is InChI=1S/C14H16N4/c1-14(15)16-8-7-12(17-14)11-9-18(2)13-6-4-3-5-10(11)13/h3-9,17H,15H2,1-2H3. The summed E-state index contributed by atoms with van der Waals surface area (Å²) in [7, 11) is 2.05. The lowest BCUT2D eigenvalue weighted by Gasteiger charge is -2.27. The summed E-state index contributed by atoms with van der Waals surface area (Å²) in [5.41, 5.74) is 9.36. The van der Waals surface area contributed by atoms with E-state index in [0.717, 1.165) is 11.3 Å². The summed E-state index contributed by atoms with van der Waals surface area (Å²) in [6.45, 7) is 1.85. The third kappa shape index (κ3) is 1.71. The monoisotopic (exact) mass is 240 g/mol. The Morgan fingerprint density at radius 2 is 2.11 bits per heavy atom. The Balaban J connectivity index is 2.16. The molecule has 0 bridgehead atoms. The first-order chi connectivity index (χ1) is 8.57. The van der Waals surface area contributed by atoms with E-state index in [4.69, 9.17) is 5.73 Å². The number of hydrogen-bond donors (Lipinski definition) is 2. The van der Waals surface area contributed by atoms with E-state index < -0.39 is 5.79 Å². The van der Waals surface area contributed by atoms with Crippen LogP contribution in [0.25, 0.3) is 16.6 Å². The zero-order chi connectivity index (χ0) is 12.8. The molecule has 1 aromatic heterocycles. The minimum Gasteiger partial charge on any atom is -0.350 e. The molecule has 1 unspecified atom stereocenters. The molecule has 0 amide bonds. The minimum absolute atomic E-state index is 0.735. The summed E-state index contributed by atoms with van der Waals surface area (Å²) >= 11 is 0. The number of benzene rings is 1. The van der Waals surface area contributed by atoms with Crippen molar-refractivity contribution in [2.75, 3.05) is 0 Å². The smallest absolute Gasteiger partial charge is 0.179 e. The van der Waals surface area contributed by atoms with E-state index in [1.54, 1.807) is 6.21 Å². The molecule has 1 atom stereocenters. The van der Waals surface area contributed by atoms with E-state index in [-0.39, 0.29) is 0 Å². The molecule has 92 valence electrons. The maximum Gasteiger partial charge on any atom is 0.179 e. The zero-order valence-electron chi connectivity index (χ0n) is 10.5. The van der Waals surface area contributed by atoms with Crippen LogP contribution in [-0.4, -0.2) is 16.6 Å². The largest absolute Gasteiger partial charge is 0.350 e. The summed E-state index contributed by atoms with van der Waals surface area (Å²) in [4.78, 5) is 4.18. The van der Waals surface area contributed by atoms with Crippen molar-refractivity contribution in [3.63, 3.8) is 0 Å². The van der Waals surface area contributed by atoms with E-state index in [2.05, 4.69) is 33.2 Å². The minimum atomic E-state index is -0.735. The SMILES string of the molecule is Cn1cc(C2=CC=NC(C)(N)N2)c2ccccc21. The van der Waals surface area contributed by atoms with Crippen molar-refractivity contribution in [2.24, 2.45) is 17.8 Å². The fraction of sp³-hybridized carbons (Fsp3) is 0.214. The van der Waals surface area contributed by atoms with Gasteiger partial charge < -0.3 is 9.88 Å². The maximum atomic E-state index is 6.00. The van der Waals surface area contributed by atoms with Gasteiger partial charge in [-0.15, -0.1) is 0 Å².